The molecule has 0 aromatic rings. The molecule has 0 aliphatic heterocycles. The highest BCUT2D eigenvalue weighted by Crippen LogP contribution is 2.06. The summed E-state index contributed by atoms with van der Waals surface area (Å²) in [6, 6.07) is 0. The van der Waals surface area contributed by atoms with E-state index in [9.17, 15) is 17.3 Å². The highest BCUT2D eigenvalue weighted by atomic mass is 19.5. The summed E-state index contributed by atoms with van der Waals surface area (Å²) in [5.74, 6) is 0. The van der Waals surface area contributed by atoms with Crippen molar-refractivity contribution in [3.8, 4) is 0 Å². The van der Waals surface area contributed by atoms with Crippen LogP contribution in [-0.4, -0.2) is 32.7 Å². The summed E-state index contributed by atoms with van der Waals surface area (Å²) in [5.41, 5.74) is 0. The van der Waals surface area contributed by atoms with Crippen molar-refractivity contribution in [3.63, 3.8) is 0 Å². The lowest BCUT2D eigenvalue weighted by molar-refractivity contribution is -0.565. The molecular formula is C4H11BF4N2O. The maximum absolute atomic E-state index is 9.75. The molecule has 0 aliphatic carbocycles. The lowest BCUT2D eigenvalue weighted by atomic mass is 10.3. The van der Waals surface area contributed by atoms with Gasteiger partial charge in [0.05, 0.1) is 0 Å². The fourth-order valence-electron chi connectivity index (χ4n) is 0.173. The standard InChI is InChI=1S/C4H11N2O.BF4/c1-4-7-5-6(2)3;2-1(3,4)5/h4H2,1-3H3;/q+1;-1. The Balaban J connectivity index is 0. The van der Waals surface area contributed by atoms with Gasteiger partial charge in [-0.15, -0.1) is 0 Å². The van der Waals surface area contributed by atoms with E-state index in [4.69, 9.17) is 0 Å². The molecule has 0 bridgehead atoms. The molecule has 0 saturated heterocycles. The largest absolute Gasteiger partial charge is 0.673 e. The summed E-state index contributed by atoms with van der Waals surface area (Å²) in [6.45, 7) is 2.53. The quantitative estimate of drug-likeness (QED) is 0.215. The van der Waals surface area contributed by atoms with Gasteiger partial charge in [0.2, 0.25) is 0 Å². The molecule has 0 fully saturated rings. The molecular weight excluding hydrogens is 179 g/mol. The molecule has 0 radical (unpaired) electrons. The minimum Gasteiger partial charge on any atom is -0.418 e. The second-order valence-corrected chi connectivity index (χ2v) is 1.84. The van der Waals surface area contributed by atoms with E-state index in [1.165, 1.54) is 0 Å². The summed E-state index contributed by atoms with van der Waals surface area (Å²) in [5, 5.41) is 3.58. The summed E-state index contributed by atoms with van der Waals surface area (Å²) < 4.78 is 40.6. The van der Waals surface area contributed by atoms with Gasteiger partial charge >= 0.3 is 7.25 Å². The molecule has 0 unspecified atom stereocenters. The first kappa shape index (κ1) is 13.8. The van der Waals surface area contributed by atoms with E-state index >= 15 is 0 Å². The maximum Gasteiger partial charge on any atom is 0.673 e. The third-order valence-corrected chi connectivity index (χ3v) is 0.350. The van der Waals surface area contributed by atoms with Crippen molar-refractivity contribution in [1.82, 2.24) is 0 Å². The lowest BCUT2D eigenvalue weighted by Gasteiger charge is -1.94. The third kappa shape index (κ3) is 60.7. The predicted molar refractivity (Wildman–Crippen MR) is 36.3 cm³/mol. The second kappa shape index (κ2) is 6.87. The Labute approximate surface area is 68.1 Å². The number of rotatable bonds is 2. The Bertz CT molecular complexity index is 128. The fraction of sp³-hybridized carbons (Fsp3) is 1.00. The summed E-state index contributed by atoms with van der Waals surface area (Å²) >= 11 is 0. The van der Waals surface area contributed by atoms with Gasteiger partial charge in [-0.3, -0.25) is 0 Å². The molecule has 0 atom stereocenters. The average Bonchev–Trinajstić information content (AvgIpc) is 1.79. The van der Waals surface area contributed by atoms with Crippen LogP contribution in [-0.2, 0) is 4.84 Å². The van der Waals surface area contributed by atoms with Crippen LogP contribution in [0.3, 0.4) is 0 Å². The summed E-state index contributed by atoms with van der Waals surface area (Å²) in [7, 11) is -2.37. The zero-order valence-electron chi connectivity index (χ0n) is 7.10. The molecule has 0 heterocycles. The zero-order chi connectivity index (χ0) is 10.2. The summed E-state index contributed by atoms with van der Waals surface area (Å²) in [4.78, 5) is 4.65. The minimum atomic E-state index is -6.00. The topological polar surface area (TPSA) is 24.6 Å². The molecule has 0 rings (SSSR count). The number of hydrogen-bond acceptors (Lipinski definition) is 2. The van der Waals surface area contributed by atoms with Crippen molar-refractivity contribution in [2.24, 2.45) is 5.28 Å². The Morgan fingerprint density at radius 1 is 1.25 bits per heavy atom. The van der Waals surface area contributed by atoms with Gasteiger partial charge in [-0.25, -0.2) is 0 Å². The van der Waals surface area contributed by atoms with Crippen molar-refractivity contribution in [1.29, 1.82) is 0 Å². The Kier molecular flexibility index (Phi) is 7.87. The van der Waals surface area contributed by atoms with Crippen molar-refractivity contribution in [2.45, 2.75) is 6.92 Å². The molecule has 12 heavy (non-hydrogen) atoms. The second-order valence-electron chi connectivity index (χ2n) is 1.84. The number of nitrogens with zero attached hydrogens (tertiary/aromatic N) is 2. The van der Waals surface area contributed by atoms with Gasteiger partial charge in [-0.05, 0) is 6.92 Å². The third-order valence-electron chi connectivity index (χ3n) is 0.350. The number of halogens is 4. The fourth-order valence-corrected chi connectivity index (χ4v) is 0.173. The Hall–Kier alpha value is -0.815. The molecule has 0 aromatic heterocycles. The highest BCUT2D eigenvalue weighted by Gasteiger charge is 2.20. The van der Waals surface area contributed by atoms with E-state index in [1.54, 1.807) is 4.70 Å². The zero-order valence-corrected chi connectivity index (χ0v) is 7.10. The molecule has 3 nitrogen and oxygen atoms in total. The average molecular weight is 190 g/mol. The molecule has 0 amide bonds. The molecule has 0 aliphatic rings. The highest BCUT2D eigenvalue weighted by molar-refractivity contribution is 6.50. The Morgan fingerprint density at radius 3 is 1.67 bits per heavy atom. The molecule has 0 saturated carbocycles. The molecule has 74 valence electrons. The molecule has 0 N–H and O–H groups in total. The first-order valence-corrected chi connectivity index (χ1v) is 3.15. The van der Waals surface area contributed by atoms with Gasteiger partial charge in [0.25, 0.3) is 0 Å². The Morgan fingerprint density at radius 2 is 1.58 bits per heavy atom. The van der Waals surface area contributed by atoms with E-state index < -0.39 is 7.25 Å². The molecule has 8 heteroatoms. The number of hydrogen-bond donors (Lipinski definition) is 0. The maximum atomic E-state index is 9.75. The first-order chi connectivity index (χ1) is 5.27. The van der Waals surface area contributed by atoms with Crippen LogP contribution in [0.2, 0.25) is 0 Å². The van der Waals surface area contributed by atoms with Crippen LogP contribution in [0.1, 0.15) is 6.92 Å². The van der Waals surface area contributed by atoms with Gasteiger partial charge in [0, 0.05) is 0 Å². The smallest absolute Gasteiger partial charge is 0.418 e. The normalized spacial score (nSPS) is 9.58. The molecule has 0 spiro atoms. The van der Waals surface area contributed by atoms with E-state index in [2.05, 4.69) is 10.1 Å². The van der Waals surface area contributed by atoms with E-state index in [0.717, 1.165) is 0 Å². The van der Waals surface area contributed by atoms with Crippen LogP contribution < -0.4 is 0 Å². The van der Waals surface area contributed by atoms with Crippen LogP contribution in [0, 0.1) is 0 Å². The van der Waals surface area contributed by atoms with Gasteiger partial charge in [-0.2, -0.15) is 0 Å². The van der Waals surface area contributed by atoms with Gasteiger partial charge in [0.15, 0.2) is 19.4 Å². The first-order valence-electron chi connectivity index (χ1n) is 3.15. The van der Waals surface area contributed by atoms with Gasteiger partial charge in [0.1, 0.15) is 6.61 Å². The van der Waals surface area contributed by atoms with E-state index in [0.29, 0.717) is 6.61 Å². The van der Waals surface area contributed by atoms with Crippen LogP contribution >= 0.6 is 0 Å². The van der Waals surface area contributed by atoms with Gasteiger partial charge < -0.3 is 22.1 Å². The van der Waals surface area contributed by atoms with Crippen LogP contribution in [0.4, 0.5) is 17.3 Å². The lowest BCUT2D eigenvalue weighted by Crippen LogP contribution is -2.02. The minimum absolute atomic E-state index is 0.637. The van der Waals surface area contributed by atoms with Crippen molar-refractivity contribution in [2.75, 3.05) is 20.7 Å². The van der Waals surface area contributed by atoms with E-state index in [-0.39, 0.29) is 0 Å². The SMILES string of the molecule is CCON=[N+](C)C.F[B-](F)(F)F. The van der Waals surface area contributed by atoms with Crippen LogP contribution in [0.25, 0.3) is 0 Å². The van der Waals surface area contributed by atoms with Crippen molar-refractivity contribution >= 4 is 7.25 Å². The summed E-state index contributed by atoms with van der Waals surface area (Å²) in [6.07, 6.45) is 0. The van der Waals surface area contributed by atoms with Crippen molar-refractivity contribution in [3.05, 3.63) is 0 Å². The molecule has 0 aromatic carbocycles. The van der Waals surface area contributed by atoms with E-state index in [1.807, 2.05) is 21.0 Å². The predicted octanol–water partition coefficient (Wildman–Crippen LogP) is 1.96. The van der Waals surface area contributed by atoms with Crippen molar-refractivity contribution < 1.29 is 26.8 Å². The monoisotopic (exact) mass is 190 g/mol. The van der Waals surface area contributed by atoms with Gasteiger partial charge in [-0.1, -0.05) is 4.70 Å². The van der Waals surface area contributed by atoms with Crippen LogP contribution in [0.5, 0.6) is 0 Å². The van der Waals surface area contributed by atoms with Crippen LogP contribution in [0.15, 0.2) is 5.28 Å².